The second-order valence-corrected chi connectivity index (χ2v) is 5.52. The Morgan fingerprint density at radius 1 is 1.47 bits per heavy atom. The molecule has 1 aromatic carbocycles. The second kappa shape index (κ2) is 4.83. The molecule has 0 amide bonds. The van der Waals surface area contributed by atoms with Crippen LogP contribution in [0.4, 0.5) is 24.5 Å². The van der Waals surface area contributed by atoms with Gasteiger partial charge >= 0.3 is 6.61 Å². The highest BCUT2D eigenvalue weighted by molar-refractivity contribution is 5.68. The zero-order chi connectivity index (χ0) is 14.2. The van der Waals surface area contributed by atoms with Crippen LogP contribution in [0.5, 0.6) is 5.75 Å². The summed E-state index contributed by atoms with van der Waals surface area (Å²) in [4.78, 5) is 0. The zero-order valence-electron chi connectivity index (χ0n) is 10.8. The summed E-state index contributed by atoms with van der Waals surface area (Å²) >= 11 is 0. The van der Waals surface area contributed by atoms with Gasteiger partial charge in [0.05, 0.1) is 11.4 Å². The number of halogens is 3. The molecule has 1 aromatic rings. The SMILES string of the molecule is CC1(C)CC1CNc1cc(OC(F)F)c(F)cc1N. The van der Waals surface area contributed by atoms with Crippen LogP contribution in [0.1, 0.15) is 20.3 Å². The van der Waals surface area contributed by atoms with Gasteiger partial charge in [0.25, 0.3) is 0 Å². The Bertz CT molecular complexity index is 477. The minimum absolute atomic E-state index is 0.178. The predicted octanol–water partition coefficient (Wildman–Crippen LogP) is 3.47. The molecule has 0 saturated heterocycles. The van der Waals surface area contributed by atoms with Crippen LogP contribution >= 0.6 is 0 Å². The highest BCUT2D eigenvalue weighted by Gasteiger charge is 2.45. The molecule has 1 aliphatic rings. The smallest absolute Gasteiger partial charge is 0.387 e. The number of benzene rings is 1. The molecule has 0 radical (unpaired) electrons. The van der Waals surface area contributed by atoms with Gasteiger partial charge in [-0.2, -0.15) is 8.78 Å². The van der Waals surface area contributed by atoms with Gasteiger partial charge in [-0.05, 0) is 17.8 Å². The number of anilines is 2. The fourth-order valence-electron chi connectivity index (χ4n) is 2.07. The largest absolute Gasteiger partial charge is 0.432 e. The van der Waals surface area contributed by atoms with Crippen molar-refractivity contribution >= 4 is 11.4 Å². The van der Waals surface area contributed by atoms with Gasteiger partial charge < -0.3 is 15.8 Å². The first-order valence-electron chi connectivity index (χ1n) is 6.07. The Morgan fingerprint density at radius 2 is 2.11 bits per heavy atom. The lowest BCUT2D eigenvalue weighted by atomic mass is 10.1. The molecular weight excluding hydrogens is 257 g/mol. The molecule has 19 heavy (non-hydrogen) atoms. The van der Waals surface area contributed by atoms with Gasteiger partial charge in [-0.1, -0.05) is 13.8 Å². The molecule has 0 aromatic heterocycles. The molecule has 3 N–H and O–H groups in total. The van der Waals surface area contributed by atoms with E-state index >= 15 is 0 Å². The highest BCUT2D eigenvalue weighted by atomic mass is 19.3. The molecule has 1 fully saturated rings. The van der Waals surface area contributed by atoms with E-state index < -0.39 is 18.2 Å². The summed E-state index contributed by atoms with van der Waals surface area (Å²) in [5.41, 5.74) is 6.54. The average Bonchev–Trinajstić information content (AvgIpc) is 2.88. The topological polar surface area (TPSA) is 47.3 Å². The lowest BCUT2D eigenvalue weighted by molar-refractivity contribution is -0.0521. The molecule has 0 aliphatic heterocycles. The molecule has 1 unspecified atom stereocenters. The van der Waals surface area contributed by atoms with Crippen LogP contribution in [0.15, 0.2) is 12.1 Å². The van der Waals surface area contributed by atoms with Crippen LogP contribution in [0, 0.1) is 17.2 Å². The van der Waals surface area contributed by atoms with E-state index in [-0.39, 0.29) is 5.69 Å². The summed E-state index contributed by atoms with van der Waals surface area (Å²) in [6.45, 7) is 1.92. The van der Waals surface area contributed by atoms with Crippen LogP contribution in [0.2, 0.25) is 0 Å². The van der Waals surface area contributed by atoms with Crippen LogP contribution < -0.4 is 15.8 Å². The van der Waals surface area contributed by atoms with Crippen LogP contribution in [-0.4, -0.2) is 13.2 Å². The number of hydrogen-bond acceptors (Lipinski definition) is 3. The van der Waals surface area contributed by atoms with Crippen molar-refractivity contribution in [2.75, 3.05) is 17.6 Å². The molecule has 6 heteroatoms. The third-order valence-electron chi connectivity index (χ3n) is 3.58. The molecule has 1 saturated carbocycles. The molecule has 106 valence electrons. The third kappa shape index (κ3) is 3.24. The van der Waals surface area contributed by atoms with E-state index in [1.807, 2.05) is 0 Å². The summed E-state index contributed by atoms with van der Waals surface area (Å²) in [6.07, 6.45) is 1.10. The van der Waals surface area contributed by atoms with Crippen molar-refractivity contribution in [1.82, 2.24) is 0 Å². The minimum atomic E-state index is -3.06. The maximum atomic E-state index is 13.4. The van der Waals surface area contributed by atoms with Crippen molar-refractivity contribution < 1.29 is 17.9 Å². The molecule has 3 nitrogen and oxygen atoms in total. The fraction of sp³-hybridized carbons (Fsp3) is 0.538. The Morgan fingerprint density at radius 3 is 2.63 bits per heavy atom. The standard InChI is InChI=1S/C13H17F3N2O/c1-13(2)5-7(13)6-18-10-4-11(19-12(15)16)8(14)3-9(10)17/h3-4,7,12,18H,5-6,17H2,1-2H3. The van der Waals surface area contributed by atoms with Gasteiger partial charge in [-0.15, -0.1) is 0 Å². The second-order valence-electron chi connectivity index (χ2n) is 5.52. The number of hydrogen-bond donors (Lipinski definition) is 2. The summed E-state index contributed by atoms with van der Waals surface area (Å²) in [7, 11) is 0. The van der Waals surface area contributed by atoms with Crippen LogP contribution in [-0.2, 0) is 0 Å². The lowest BCUT2D eigenvalue weighted by Crippen LogP contribution is -2.10. The van der Waals surface area contributed by atoms with E-state index in [0.29, 0.717) is 23.6 Å². The summed E-state index contributed by atoms with van der Waals surface area (Å²) < 4.78 is 41.7. The third-order valence-corrected chi connectivity index (χ3v) is 3.58. The fourth-order valence-corrected chi connectivity index (χ4v) is 2.07. The first-order chi connectivity index (χ1) is 8.79. The molecule has 0 heterocycles. The van der Waals surface area contributed by atoms with E-state index in [0.717, 1.165) is 12.5 Å². The van der Waals surface area contributed by atoms with Gasteiger partial charge in [0.1, 0.15) is 0 Å². The molecular formula is C13H17F3N2O. The lowest BCUT2D eigenvalue weighted by Gasteiger charge is -2.13. The van der Waals surface area contributed by atoms with E-state index in [1.165, 1.54) is 6.07 Å². The number of rotatable bonds is 5. The summed E-state index contributed by atoms with van der Waals surface area (Å²) in [5, 5.41) is 3.05. The Balaban J connectivity index is 2.07. The van der Waals surface area contributed by atoms with Crippen molar-refractivity contribution in [1.29, 1.82) is 0 Å². The molecule has 2 rings (SSSR count). The van der Waals surface area contributed by atoms with Gasteiger partial charge in [-0.3, -0.25) is 0 Å². The van der Waals surface area contributed by atoms with Crippen LogP contribution in [0.3, 0.4) is 0 Å². The normalized spacial score (nSPS) is 20.4. The van der Waals surface area contributed by atoms with Crippen molar-refractivity contribution in [3.8, 4) is 5.75 Å². The number of alkyl halides is 2. The van der Waals surface area contributed by atoms with E-state index in [9.17, 15) is 13.2 Å². The molecule has 1 atom stereocenters. The quantitative estimate of drug-likeness (QED) is 0.808. The number of nitrogen functional groups attached to an aromatic ring is 1. The van der Waals surface area contributed by atoms with E-state index in [1.54, 1.807) is 0 Å². The van der Waals surface area contributed by atoms with Gasteiger partial charge in [0.2, 0.25) is 0 Å². The predicted molar refractivity (Wildman–Crippen MR) is 67.8 cm³/mol. The van der Waals surface area contributed by atoms with Crippen molar-refractivity contribution in [3.05, 3.63) is 17.9 Å². The summed E-state index contributed by atoms with van der Waals surface area (Å²) in [6, 6.07) is 2.16. The van der Waals surface area contributed by atoms with Gasteiger partial charge in [-0.25, -0.2) is 4.39 Å². The molecule has 0 spiro atoms. The maximum Gasteiger partial charge on any atom is 0.387 e. The Hall–Kier alpha value is -1.59. The average molecular weight is 274 g/mol. The first kappa shape index (κ1) is 13.8. The van der Waals surface area contributed by atoms with E-state index in [4.69, 9.17) is 5.73 Å². The van der Waals surface area contributed by atoms with Crippen molar-refractivity contribution in [2.24, 2.45) is 11.3 Å². The Kier molecular flexibility index (Phi) is 3.52. The highest BCUT2D eigenvalue weighted by Crippen LogP contribution is 2.51. The van der Waals surface area contributed by atoms with E-state index in [2.05, 4.69) is 23.9 Å². The monoisotopic (exact) mass is 274 g/mol. The Labute approximate surface area is 109 Å². The van der Waals surface area contributed by atoms with Gasteiger partial charge in [0, 0.05) is 18.7 Å². The van der Waals surface area contributed by atoms with Crippen molar-refractivity contribution in [2.45, 2.75) is 26.9 Å². The zero-order valence-corrected chi connectivity index (χ0v) is 10.8. The number of nitrogens with two attached hydrogens (primary N) is 1. The minimum Gasteiger partial charge on any atom is -0.432 e. The molecule has 0 bridgehead atoms. The number of ether oxygens (including phenoxy) is 1. The maximum absolute atomic E-state index is 13.4. The van der Waals surface area contributed by atoms with Gasteiger partial charge in [0.15, 0.2) is 11.6 Å². The molecule has 1 aliphatic carbocycles. The summed E-state index contributed by atoms with van der Waals surface area (Å²) in [5.74, 6) is -0.881. The van der Waals surface area contributed by atoms with Crippen LogP contribution in [0.25, 0.3) is 0 Å². The first-order valence-corrected chi connectivity index (χ1v) is 6.07. The van der Waals surface area contributed by atoms with Crippen molar-refractivity contribution in [3.63, 3.8) is 0 Å². The number of nitrogens with one attached hydrogen (secondary N) is 1.